The van der Waals surface area contributed by atoms with Crippen LogP contribution in [0.15, 0.2) is 16.7 Å². The molecule has 0 bridgehead atoms. The van der Waals surface area contributed by atoms with Crippen LogP contribution in [0.3, 0.4) is 0 Å². The van der Waals surface area contributed by atoms with Gasteiger partial charge in [0.1, 0.15) is 5.54 Å². The molecule has 1 aliphatic rings. The summed E-state index contributed by atoms with van der Waals surface area (Å²) in [7, 11) is 2.86. The van der Waals surface area contributed by atoms with Gasteiger partial charge < -0.3 is 14.8 Å². The fourth-order valence-corrected chi connectivity index (χ4v) is 3.65. The lowest BCUT2D eigenvalue weighted by Gasteiger charge is -2.38. The van der Waals surface area contributed by atoms with E-state index < -0.39 is 5.54 Å². The highest BCUT2D eigenvalue weighted by Crippen LogP contribution is 2.35. The number of hydrogen-bond acceptors (Lipinski definition) is 5. The standard InChI is InChI=1S/C17H23BrN2O4/c1-4-11-5-7-17(8-6-11,16(22)24-3)20-14(21)12-9-13(18)15(23-2)19-10-12/h9-11H,4-8H2,1-3H3,(H,20,21)/t11-,17-. The van der Waals surface area contributed by atoms with Gasteiger partial charge in [0.05, 0.1) is 24.3 Å². The Labute approximate surface area is 150 Å². The molecule has 1 heterocycles. The molecule has 1 N–H and O–H groups in total. The number of methoxy groups -OCH3 is 2. The first-order valence-corrected chi connectivity index (χ1v) is 8.85. The van der Waals surface area contributed by atoms with Gasteiger partial charge in [-0.25, -0.2) is 9.78 Å². The van der Waals surface area contributed by atoms with Gasteiger partial charge in [0, 0.05) is 6.20 Å². The largest absolute Gasteiger partial charge is 0.480 e. The summed E-state index contributed by atoms with van der Waals surface area (Å²) in [6, 6.07) is 1.63. The van der Waals surface area contributed by atoms with Gasteiger partial charge in [0.15, 0.2) is 0 Å². The lowest BCUT2D eigenvalue weighted by Crippen LogP contribution is -2.56. The van der Waals surface area contributed by atoms with Gasteiger partial charge in [-0.1, -0.05) is 13.3 Å². The summed E-state index contributed by atoms with van der Waals surface area (Å²) in [5.41, 5.74) is -0.590. The number of hydrogen-bond donors (Lipinski definition) is 1. The summed E-state index contributed by atoms with van der Waals surface area (Å²) >= 11 is 3.31. The van der Waals surface area contributed by atoms with E-state index in [1.54, 1.807) is 6.07 Å². The van der Waals surface area contributed by atoms with Crippen molar-refractivity contribution in [2.45, 2.75) is 44.6 Å². The van der Waals surface area contributed by atoms with Crippen LogP contribution in [0.2, 0.25) is 0 Å². The van der Waals surface area contributed by atoms with E-state index >= 15 is 0 Å². The number of nitrogens with one attached hydrogen (secondary N) is 1. The molecule has 1 aliphatic carbocycles. The van der Waals surface area contributed by atoms with Crippen LogP contribution in [0.5, 0.6) is 5.88 Å². The van der Waals surface area contributed by atoms with Gasteiger partial charge in [-0.05, 0) is 53.6 Å². The number of carbonyl (C=O) groups excluding carboxylic acids is 2. The number of ether oxygens (including phenoxy) is 2. The van der Waals surface area contributed by atoms with E-state index in [4.69, 9.17) is 9.47 Å². The maximum absolute atomic E-state index is 12.6. The van der Waals surface area contributed by atoms with Crippen LogP contribution in [0.4, 0.5) is 0 Å². The molecule has 1 amide bonds. The Hall–Kier alpha value is -1.63. The molecule has 1 aromatic rings. The third kappa shape index (κ3) is 3.88. The van der Waals surface area contributed by atoms with Crippen molar-refractivity contribution in [3.8, 4) is 5.88 Å². The van der Waals surface area contributed by atoms with Crippen LogP contribution in [-0.4, -0.2) is 36.6 Å². The first-order chi connectivity index (χ1) is 11.5. The van der Waals surface area contributed by atoms with E-state index in [9.17, 15) is 9.59 Å². The number of aromatic nitrogens is 1. The summed E-state index contributed by atoms with van der Waals surface area (Å²) in [5, 5.41) is 2.89. The minimum atomic E-state index is -0.954. The van der Waals surface area contributed by atoms with Gasteiger partial charge in [0.2, 0.25) is 5.88 Å². The van der Waals surface area contributed by atoms with E-state index in [0.29, 0.717) is 34.7 Å². The summed E-state index contributed by atoms with van der Waals surface area (Å²) in [4.78, 5) is 29.0. The summed E-state index contributed by atoms with van der Waals surface area (Å²) in [6.45, 7) is 2.15. The fourth-order valence-electron chi connectivity index (χ4n) is 3.14. The number of nitrogens with zero attached hydrogens (tertiary/aromatic N) is 1. The molecule has 24 heavy (non-hydrogen) atoms. The highest BCUT2D eigenvalue weighted by molar-refractivity contribution is 9.10. The molecule has 0 saturated heterocycles. The van der Waals surface area contributed by atoms with Gasteiger partial charge in [0.25, 0.3) is 5.91 Å². The van der Waals surface area contributed by atoms with Crippen molar-refractivity contribution < 1.29 is 19.1 Å². The van der Waals surface area contributed by atoms with Crippen LogP contribution in [0.25, 0.3) is 0 Å². The SMILES string of the molecule is CC[C@H]1CC[C@@](NC(=O)c2cnc(OC)c(Br)c2)(C(=O)OC)CC1. The lowest BCUT2D eigenvalue weighted by molar-refractivity contribution is -0.150. The molecule has 2 rings (SSSR count). The Bertz CT molecular complexity index is 613. The Kier molecular flexibility index (Phi) is 6.21. The quantitative estimate of drug-likeness (QED) is 0.770. The van der Waals surface area contributed by atoms with Crippen LogP contribution < -0.4 is 10.1 Å². The predicted molar refractivity (Wildman–Crippen MR) is 93.0 cm³/mol. The third-order valence-corrected chi connectivity index (χ3v) is 5.30. The van der Waals surface area contributed by atoms with Crippen LogP contribution in [0, 0.1) is 5.92 Å². The van der Waals surface area contributed by atoms with Crippen LogP contribution in [-0.2, 0) is 9.53 Å². The van der Waals surface area contributed by atoms with Crippen molar-refractivity contribution in [1.29, 1.82) is 0 Å². The number of pyridine rings is 1. The second-order valence-corrected chi connectivity index (χ2v) is 6.95. The second-order valence-electron chi connectivity index (χ2n) is 6.09. The zero-order valence-electron chi connectivity index (χ0n) is 14.2. The highest BCUT2D eigenvalue weighted by Gasteiger charge is 2.44. The normalized spacial score (nSPS) is 23.4. The number of amides is 1. The van der Waals surface area contributed by atoms with Crippen molar-refractivity contribution >= 4 is 27.8 Å². The van der Waals surface area contributed by atoms with E-state index in [-0.39, 0.29) is 11.9 Å². The predicted octanol–water partition coefficient (Wildman–Crippen LogP) is 3.09. The summed E-state index contributed by atoms with van der Waals surface area (Å²) in [5.74, 6) is 0.270. The fraction of sp³-hybridized carbons (Fsp3) is 0.588. The smallest absolute Gasteiger partial charge is 0.331 e. The van der Waals surface area contributed by atoms with Crippen molar-refractivity contribution in [3.05, 3.63) is 22.3 Å². The van der Waals surface area contributed by atoms with E-state index in [2.05, 4.69) is 33.2 Å². The maximum atomic E-state index is 12.6. The first kappa shape index (κ1) is 18.7. The Balaban J connectivity index is 2.19. The van der Waals surface area contributed by atoms with Crippen molar-refractivity contribution in [2.75, 3.05) is 14.2 Å². The molecule has 1 fully saturated rings. The molecule has 0 aromatic carbocycles. The molecule has 0 spiro atoms. The first-order valence-electron chi connectivity index (χ1n) is 8.06. The molecule has 6 nitrogen and oxygen atoms in total. The zero-order chi connectivity index (χ0) is 17.7. The molecule has 0 radical (unpaired) electrons. The molecule has 1 aromatic heterocycles. The molecular weight excluding hydrogens is 376 g/mol. The van der Waals surface area contributed by atoms with Crippen LogP contribution in [0.1, 0.15) is 49.4 Å². The monoisotopic (exact) mass is 398 g/mol. The molecule has 0 aliphatic heterocycles. The number of rotatable bonds is 5. The second kappa shape index (κ2) is 7.96. The molecule has 1 saturated carbocycles. The maximum Gasteiger partial charge on any atom is 0.331 e. The topological polar surface area (TPSA) is 77.5 Å². The Morgan fingerprint density at radius 1 is 1.38 bits per heavy atom. The van der Waals surface area contributed by atoms with Gasteiger partial charge >= 0.3 is 5.97 Å². The molecule has 132 valence electrons. The van der Waals surface area contributed by atoms with E-state index in [1.807, 2.05) is 0 Å². The van der Waals surface area contributed by atoms with Crippen LogP contribution >= 0.6 is 15.9 Å². The molecule has 0 atom stereocenters. The Morgan fingerprint density at radius 3 is 2.54 bits per heavy atom. The average Bonchev–Trinajstić information content (AvgIpc) is 2.61. The zero-order valence-corrected chi connectivity index (χ0v) is 15.8. The number of esters is 1. The molecule has 0 unspecified atom stereocenters. The number of halogens is 1. The minimum Gasteiger partial charge on any atom is -0.480 e. The molecular formula is C17H23BrN2O4. The summed E-state index contributed by atoms with van der Waals surface area (Å²) < 4.78 is 10.6. The summed E-state index contributed by atoms with van der Waals surface area (Å²) in [6.07, 6.45) is 5.50. The average molecular weight is 399 g/mol. The third-order valence-electron chi connectivity index (χ3n) is 4.73. The lowest BCUT2D eigenvalue weighted by atomic mass is 9.75. The highest BCUT2D eigenvalue weighted by atomic mass is 79.9. The van der Waals surface area contributed by atoms with Gasteiger partial charge in [-0.2, -0.15) is 0 Å². The minimum absolute atomic E-state index is 0.341. The van der Waals surface area contributed by atoms with Crippen molar-refractivity contribution in [1.82, 2.24) is 10.3 Å². The van der Waals surface area contributed by atoms with Crippen molar-refractivity contribution in [2.24, 2.45) is 5.92 Å². The van der Waals surface area contributed by atoms with Crippen molar-refractivity contribution in [3.63, 3.8) is 0 Å². The van der Waals surface area contributed by atoms with Gasteiger partial charge in [-0.3, -0.25) is 4.79 Å². The number of carbonyl (C=O) groups is 2. The van der Waals surface area contributed by atoms with E-state index in [0.717, 1.165) is 19.3 Å². The Morgan fingerprint density at radius 2 is 2.04 bits per heavy atom. The molecule has 7 heteroatoms. The van der Waals surface area contributed by atoms with E-state index in [1.165, 1.54) is 20.4 Å². The van der Waals surface area contributed by atoms with Gasteiger partial charge in [-0.15, -0.1) is 0 Å².